The van der Waals surface area contributed by atoms with Crippen molar-refractivity contribution in [1.29, 1.82) is 0 Å². The van der Waals surface area contributed by atoms with Gasteiger partial charge in [0.15, 0.2) is 0 Å². The van der Waals surface area contributed by atoms with Crippen molar-refractivity contribution in [3.8, 4) is 0 Å². The lowest BCUT2D eigenvalue weighted by atomic mass is 9.84. The minimum atomic E-state index is -0.170. The summed E-state index contributed by atoms with van der Waals surface area (Å²) in [5.41, 5.74) is 0. The van der Waals surface area contributed by atoms with Gasteiger partial charge in [-0.2, -0.15) is 0 Å². The van der Waals surface area contributed by atoms with Crippen LogP contribution in [0.2, 0.25) is 0 Å². The standard InChI is InChI=1S/C18H36N2O/c1-14(12-16(3)21)13-19-17-8-10-20(11-9-17)18-7-5-4-6-15(18)2/h14-19,21H,4-13H2,1-3H3. The highest BCUT2D eigenvalue weighted by Crippen LogP contribution is 2.29. The van der Waals surface area contributed by atoms with E-state index < -0.39 is 0 Å². The molecule has 2 aliphatic rings. The van der Waals surface area contributed by atoms with Crippen LogP contribution < -0.4 is 5.32 Å². The molecule has 0 amide bonds. The van der Waals surface area contributed by atoms with Gasteiger partial charge in [0.1, 0.15) is 0 Å². The minimum absolute atomic E-state index is 0.170. The average molecular weight is 296 g/mol. The molecule has 0 aromatic rings. The summed E-state index contributed by atoms with van der Waals surface area (Å²) in [5, 5.41) is 13.2. The molecule has 4 unspecified atom stereocenters. The lowest BCUT2D eigenvalue weighted by molar-refractivity contribution is 0.0803. The summed E-state index contributed by atoms with van der Waals surface area (Å²) in [6.07, 6.45) is 9.06. The molecule has 3 heteroatoms. The van der Waals surface area contributed by atoms with E-state index in [0.29, 0.717) is 12.0 Å². The number of hydrogen-bond acceptors (Lipinski definition) is 3. The third-order valence-electron chi connectivity index (χ3n) is 5.56. The predicted octanol–water partition coefficient (Wildman–Crippen LogP) is 3.03. The van der Waals surface area contributed by atoms with E-state index in [9.17, 15) is 5.11 Å². The maximum Gasteiger partial charge on any atom is 0.0515 e. The minimum Gasteiger partial charge on any atom is -0.393 e. The van der Waals surface area contributed by atoms with Crippen molar-refractivity contribution in [2.24, 2.45) is 11.8 Å². The summed E-state index contributed by atoms with van der Waals surface area (Å²) >= 11 is 0. The number of nitrogens with one attached hydrogen (secondary N) is 1. The first-order chi connectivity index (χ1) is 10.1. The van der Waals surface area contributed by atoms with Crippen molar-refractivity contribution in [3.05, 3.63) is 0 Å². The van der Waals surface area contributed by atoms with Crippen LogP contribution in [0.4, 0.5) is 0 Å². The topological polar surface area (TPSA) is 35.5 Å². The normalized spacial score (nSPS) is 32.0. The van der Waals surface area contributed by atoms with Crippen LogP contribution >= 0.6 is 0 Å². The fourth-order valence-electron chi connectivity index (χ4n) is 4.31. The van der Waals surface area contributed by atoms with Crippen molar-refractivity contribution < 1.29 is 5.11 Å². The molecule has 0 bridgehead atoms. The zero-order chi connectivity index (χ0) is 15.2. The highest BCUT2D eigenvalue weighted by Gasteiger charge is 2.30. The van der Waals surface area contributed by atoms with Crippen LogP contribution in [-0.4, -0.2) is 47.8 Å². The zero-order valence-electron chi connectivity index (χ0n) is 14.4. The molecule has 0 aromatic heterocycles. The first kappa shape index (κ1) is 17.2. The molecule has 1 saturated heterocycles. The van der Waals surface area contributed by atoms with Crippen LogP contribution in [0.3, 0.4) is 0 Å². The highest BCUT2D eigenvalue weighted by molar-refractivity contribution is 4.86. The Balaban J connectivity index is 1.66. The zero-order valence-corrected chi connectivity index (χ0v) is 14.4. The third kappa shape index (κ3) is 5.54. The van der Waals surface area contributed by atoms with E-state index in [1.165, 1.54) is 51.6 Å². The molecule has 1 heterocycles. The Kier molecular flexibility index (Phi) is 6.97. The molecular weight excluding hydrogens is 260 g/mol. The molecule has 4 atom stereocenters. The molecule has 3 nitrogen and oxygen atoms in total. The maximum atomic E-state index is 9.43. The van der Waals surface area contributed by atoms with E-state index in [2.05, 4.69) is 24.1 Å². The fourth-order valence-corrected chi connectivity index (χ4v) is 4.31. The van der Waals surface area contributed by atoms with Crippen molar-refractivity contribution in [3.63, 3.8) is 0 Å². The molecule has 0 aromatic carbocycles. The second-order valence-electron chi connectivity index (χ2n) is 7.74. The van der Waals surface area contributed by atoms with Gasteiger partial charge in [0.25, 0.3) is 0 Å². The molecule has 0 radical (unpaired) electrons. The molecule has 2 fully saturated rings. The summed E-state index contributed by atoms with van der Waals surface area (Å²) in [4.78, 5) is 2.77. The van der Waals surface area contributed by atoms with Crippen LogP contribution in [0.5, 0.6) is 0 Å². The van der Waals surface area contributed by atoms with E-state index in [-0.39, 0.29) is 6.10 Å². The molecule has 1 saturated carbocycles. The number of nitrogens with zero attached hydrogens (tertiary/aromatic N) is 1. The number of piperidine rings is 1. The molecular formula is C18H36N2O. The Morgan fingerprint density at radius 1 is 1.10 bits per heavy atom. The fraction of sp³-hybridized carbons (Fsp3) is 1.00. The van der Waals surface area contributed by atoms with Crippen LogP contribution in [-0.2, 0) is 0 Å². The molecule has 2 rings (SSSR count). The Morgan fingerprint density at radius 2 is 1.76 bits per heavy atom. The van der Waals surface area contributed by atoms with Gasteiger partial charge in [-0.1, -0.05) is 26.7 Å². The third-order valence-corrected chi connectivity index (χ3v) is 5.56. The smallest absolute Gasteiger partial charge is 0.0515 e. The lowest BCUT2D eigenvalue weighted by Gasteiger charge is -2.42. The molecule has 21 heavy (non-hydrogen) atoms. The SMILES string of the molecule is CC(O)CC(C)CNC1CCN(C2CCCCC2C)CC1. The monoisotopic (exact) mass is 296 g/mol. The van der Waals surface area contributed by atoms with Crippen LogP contribution in [0.25, 0.3) is 0 Å². The largest absolute Gasteiger partial charge is 0.393 e. The van der Waals surface area contributed by atoms with E-state index >= 15 is 0 Å². The van der Waals surface area contributed by atoms with Crippen LogP contribution in [0, 0.1) is 11.8 Å². The second kappa shape index (κ2) is 8.50. The molecule has 1 aliphatic heterocycles. The molecule has 124 valence electrons. The predicted molar refractivity (Wildman–Crippen MR) is 89.5 cm³/mol. The number of rotatable bonds is 6. The Morgan fingerprint density at radius 3 is 2.38 bits per heavy atom. The number of aliphatic hydroxyl groups is 1. The number of hydrogen-bond donors (Lipinski definition) is 2. The van der Waals surface area contributed by atoms with Gasteiger partial charge >= 0.3 is 0 Å². The first-order valence-electron chi connectivity index (χ1n) is 9.21. The Bertz CT molecular complexity index is 287. The van der Waals surface area contributed by atoms with Gasteiger partial charge in [0.2, 0.25) is 0 Å². The van der Waals surface area contributed by atoms with Crippen molar-refractivity contribution in [2.75, 3.05) is 19.6 Å². The van der Waals surface area contributed by atoms with Crippen LogP contribution in [0.1, 0.15) is 65.7 Å². The second-order valence-corrected chi connectivity index (χ2v) is 7.74. The van der Waals surface area contributed by atoms with Crippen molar-refractivity contribution in [1.82, 2.24) is 10.2 Å². The Hall–Kier alpha value is -0.120. The lowest BCUT2D eigenvalue weighted by Crippen LogP contribution is -2.49. The van der Waals surface area contributed by atoms with Gasteiger partial charge in [-0.15, -0.1) is 0 Å². The van der Waals surface area contributed by atoms with Gasteiger partial charge in [0, 0.05) is 12.1 Å². The summed E-state index contributed by atoms with van der Waals surface area (Å²) in [7, 11) is 0. The van der Waals surface area contributed by atoms with Gasteiger partial charge < -0.3 is 15.3 Å². The summed E-state index contributed by atoms with van der Waals surface area (Å²) in [6.45, 7) is 10.2. The van der Waals surface area contributed by atoms with E-state index in [4.69, 9.17) is 0 Å². The van der Waals surface area contributed by atoms with Gasteiger partial charge in [-0.05, 0) is 70.5 Å². The highest BCUT2D eigenvalue weighted by atomic mass is 16.3. The summed E-state index contributed by atoms with van der Waals surface area (Å²) in [6, 6.07) is 1.55. The van der Waals surface area contributed by atoms with Gasteiger partial charge in [-0.3, -0.25) is 0 Å². The quantitative estimate of drug-likeness (QED) is 0.791. The van der Waals surface area contributed by atoms with Crippen molar-refractivity contribution in [2.45, 2.75) is 83.9 Å². The molecule has 0 spiro atoms. The maximum absolute atomic E-state index is 9.43. The average Bonchev–Trinajstić information content (AvgIpc) is 2.46. The Labute approximate surface area is 131 Å². The van der Waals surface area contributed by atoms with Gasteiger partial charge in [0.05, 0.1) is 6.10 Å². The van der Waals surface area contributed by atoms with Gasteiger partial charge in [-0.25, -0.2) is 0 Å². The van der Waals surface area contributed by atoms with Crippen LogP contribution in [0.15, 0.2) is 0 Å². The summed E-state index contributed by atoms with van der Waals surface area (Å²) in [5.74, 6) is 1.47. The number of aliphatic hydroxyl groups excluding tert-OH is 1. The van der Waals surface area contributed by atoms with E-state index in [0.717, 1.165) is 24.9 Å². The summed E-state index contributed by atoms with van der Waals surface area (Å²) < 4.78 is 0. The molecule has 2 N–H and O–H groups in total. The molecule has 1 aliphatic carbocycles. The van der Waals surface area contributed by atoms with E-state index in [1.54, 1.807) is 0 Å². The van der Waals surface area contributed by atoms with Crippen molar-refractivity contribution >= 4 is 0 Å². The first-order valence-corrected chi connectivity index (χ1v) is 9.21. The van der Waals surface area contributed by atoms with E-state index in [1.807, 2.05) is 6.92 Å². The number of likely N-dealkylation sites (tertiary alicyclic amines) is 1.